The average Bonchev–Trinajstić information content (AvgIpc) is 2.32. The number of benzene rings is 1. The third kappa shape index (κ3) is 1.76. The molecule has 1 saturated carbocycles. The van der Waals surface area contributed by atoms with E-state index in [4.69, 9.17) is 0 Å². The number of fused-ring (bicyclic) bond motifs is 2. The van der Waals surface area contributed by atoms with E-state index in [-0.39, 0.29) is 5.92 Å². The highest BCUT2D eigenvalue weighted by Gasteiger charge is 2.38. The largest absolute Gasteiger partial charge is 0.381 e. The fraction of sp³-hybridized carbons (Fsp3) is 0.533. The number of hydrogen-bond acceptors (Lipinski definition) is 2. The summed E-state index contributed by atoms with van der Waals surface area (Å²) in [6, 6.07) is 6.52. The third-order valence-corrected chi connectivity index (χ3v) is 4.23. The molecule has 2 heteroatoms. The molecule has 3 atom stereocenters. The number of carbonyl (C=O) groups is 1. The Morgan fingerprint density at radius 1 is 1.29 bits per heavy atom. The number of carbonyl (C=O) groups excluding carboxylic acids is 1. The lowest BCUT2D eigenvalue weighted by Gasteiger charge is -2.39. The van der Waals surface area contributed by atoms with Crippen molar-refractivity contribution >= 4 is 11.5 Å². The monoisotopic (exact) mass is 229 g/mol. The maximum Gasteiger partial charge on any atom is 0.170 e. The molecule has 1 aromatic rings. The predicted molar refractivity (Wildman–Crippen MR) is 69.4 cm³/mol. The Kier molecular flexibility index (Phi) is 2.46. The van der Waals surface area contributed by atoms with E-state index in [9.17, 15) is 4.79 Å². The van der Waals surface area contributed by atoms with Gasteiger partial charge in [-0.3, -0.25) is 4.79 Å². The van der Waals surface area contributed by atoms with Crippen LogP contribution in [-0.2, 0) is 0 Å². The summed E-state index contributed by atoms with van der Waals surface area (Å²) in [5.74, 6) is 1.25. The highest BCUT2D eigenvalue weighted by Crippen LogP contribution is 2.38. The number of ketones is 1. The van der Waals surface area contributed by atoms with Gasteiger partial charge in [0.2, 0.25) is 0 Å². The zero-order chi connectivity index (χ0) is 12.0. The maximum absolute atomic E-state index is 12.5. The molecule has 1 fully saturated rings. The van der Waals surface area contributed by atoms with Crippen molar-refractivity contribution < 1.29 is 4.79 Å². The summed E-state index contributed by atoms with van der Waals surface area (Å²) < 4.78 is 0. The molecule has 1 heterocycles. The van der Waals surface area contributed by atoms with Crippen LogP contribution in [0.3, 0.4) is 0 Å². The van der Waals surface area contributed by atoms with Gasteiger partial charge in [0.05, 0.1) is 0 Å². The lowest BCUT2D eigenvalue weighted by molar-refractivity contribution is 0.0844. The summed E-state index contributed by atoms with van der Waals surface area (Å²) in [5, 5.41) is 3.56. The van der Waals surface area contributed by atoms with E-state index in [1.165, 1.54) is 12.0 Å². The van der Waals surface area contributed by atoms with Crippen LogP contribution in [0.5, 0.6) is 0 Å². The van der Waals surface area contributed by atoms with Crippen molar-refractivity contribution in [1.82, 2.24) is 0 Å². The van der Waals surface area contributed by atoms with Crippen molar-refractivity contribution in [2.75, 3.05) is 5.32 Å². The van der Waals surface area contributed by atoms with Crippen LogP contribution in [0.1, 0.15) is 42.1 Å². The zero-order valence-corrected chi connectivity index (χ0v) is 10.5. The summed E-state index contributed by atoms with van der Waals surface area (Å²) in [4.78, 5) is 12.5. The number of anilines is 1. The Morgan fingerprint density at radius 3 is 2.94 bits per heavy atom. The van der Waals surface area contributed by atoms with Gasteiger partial charge in [0.15, 0.2) is 5.78 Å². The molecule has 0 amide bonds. The van der Waals surface area contributed by atoms with Crippen LogP contribution >= 0.6 is 0 Å². The van der Waals surface area contributed by atoms with E-state index in [0.29, 0.717) is 17.7 Å². The molecule has 1 N–H and O–H groups in total. The lowest BCUT2D eigenvalue weighted by atomic mass is 9.73. The van der Waals surface area contributed by atoms with Gasteiger partial charge in [-0.1, -0.05) is 18.6 Å². The first kappa shape index (κ1) is 10.8. The first-order chi connectivity index (χ1) is 8.15. The molecule has 3 unspecified atom stereocenters. The Bertz CT molecular complexity index is 466. The molecule has 3 rings (SSSR count). The van der Waals surface area contributed by atoms with E-state index in [1.54, 1.807) is 0 Å². The Balaban J connectivity index is 2.00. The van der Waals surface area contributed by atoms with Gasteiger partial charge in [-0.25, -0.2) is 0 Å². The van der Waals surface area contributed by atoms with Crippen LogP contribution in [0.4, 0.5) is 5.69 Å². The van der Waals surface area contributed by atoms with Crippen LogP contribution in [0, 0.1) is 18.8 Å². The highest BCUT2D eigenvalue weighted by atomic mass is 16.1. The minimum absolute atomic E-state index is 0.202. The van der Waals surface area contributed by atoms with Gasteiger partial charge in [-0.2, -0.15) is 0 Å². The Hall–Kier alpha value is -1.31. The highest BCUT2D eigenvalue weighted by molar-refractivity contribution is 6.05. The molecular formula is C15H19NO. The predicted octanol–water partition coefficient (Wildman–Crippen LogP) is 3.41. The van der Waals surface area contributed by atoms with Gasteiger partial charge >= 0.3 is 0 Å². The van der Waals surface area contributed by atoms with Crippen molar-refractivity contribution in [2.24, 2.45) is 11.8 Å². The number of nitrogens with one attached hydrogen (secondary N) is 1. The zero-order valence-electron chi connectivity index (χ0n) is 10.5. The van der Waals surface area contributed by atoms with Crippen molar-refractivity contribution in [3.8, 4) is 0 Å². The molecule has 17 heavy (non-hydrogen) atoms. The quantitative estimate of drug-likeness (QED) is 0.738. The molecule has 2 aliphatic rings. The van der Waals surface area contributed by atoms with Crippen molar-refractivity contribution in [3.05, 3.63) is 29.3 Å². The maximum atomic E-state index is 12.5. The SMILES string of the molecule is Cc1ccc2c(c1)C(=O)C1CC(C)CCC1N2. The van der Waals surface area contributed by atoms with E-state index in [2.05, 4.69) is 24.4 Å². The van der Waals surface area contributed by atoms with Gasteiger partial charge in [-0.05, 0) is 44.2 Å². The summed E-state index contributed by atoms with van der Waals surface area (Å²) in [7, 11) is 0. The van der Waals surface area contributed by atoms with E-state index in [1.807, 2.05) is 13.0 Å². The molecule has 1 aromatic carbocycles. The van der Waals surface area contributed by atoms with Gasteiger partial charge in [0, 0.05) is 23.2 Å². The molecule has 1 aliphatic heterocycles. The molecule has 90 valence electrons. The molecule has 0 aromatic heterocycles. The van der Waals surface area contributed by atoms with Crippen LogP contribution in [0.15, 0.2) is 18.2 Å². The Morgan fingerprint density at radius 2 is 2.12 bits per heavy atom. The lowest BCUT2D eigenvalue weighted by Crippen LogP contribution is -2.43. The summed E-state index contributed by atoms with van der Waals surface area (Å²) >= 11 is 0. The summed E-state index contributed by atoms with van der Waals surface area (Å²) in [6.07, 6.45) is 3.41. The Labute approximate surface area is 102 Å². The fourth-order valence-electron chi connectivity index (χ4n) is 3.23. The minimum atomic E-state index is 0.202. The first-order valence-corrected chi connectivity index (χ1v) is 6.56. The molecule has 0 spiro atoms. The fourth-order valence-corrected chi connectivity index (χ4v) is 3.23. The second kappa shape index (κ2) is 3.86. The smallest absolute Gasteiger partial charge is 0.170 e. The van der Waals surface area contributed by atoms with Gasteiger partial charge < -0.3 is 5.32 Å². The molecular weight excluding hydrogens is 210 g/mol. The molecule has 1 aliphatic carbocycles. The van der Waals surface area contributed by atoms with E-state index < -0.39 is 0 Å². The number of rotatable bonds is 0. The molecule has 0 bridgehead atoms. The van der Waals surface area contributed by atoms with Gasteiger partial charge in [-0.15, -0.1) is 0 Å². The summed E-state index contributed by atoms with van der Waals surface area (Å²) in [5.41, 5.74) is 3.11. The number of aryl methyl sites for hydroxylation is 1. The third-order valence-electron chi connectivity index (χ3n) is 4.23. The van der Waals surface area contributed by atoms with Crippen LogP contribution < -0.4 is 5.32 Å². The normalized spacial score (nSPS) is 31.4. The van der Waals surface area contributed by atoms with Crippen molar-refractivity contribution in [1.29, 1.82) is 0 Å². The van der Waals surface area contributed by atoms with E-state index >= 15 is 0 Å². The standard InChI is InChI=1S/C15H19NO/c1-9-3-5-13-11(7-9)15(17)12-8-10(2)4-6-14(12)16-13/h3,5,7,10,12,14,16H,4,6,8H2,1-2H3. The van der Waals surface area contributed by atoms with Gasteiger partial charge in [0.25, 0.3) is 0 Å². The van der Waals surface area contributed by atoms with Gasteiger partial charge in [0.1, 0.15) is 0 Å². The van der Waals surface area contributed by atoms with Crippen molar-refractivity contribution in [2.45, 2.75) is 39.2 Å². The van der Waals surface area contributed by atoms with Crippen LogP contribution in [-0.4, -0.2) is 11.8 Å². The van der Waals surface area contributed by atoms with Crippen LogP contribution in [0.25, 0.3) is 0 Å². The number of hydrogen-bond donors (Lipinski definition) is 1. The molecule has 0 radical (unpaired) electrons. The van der Waals surface area contributed by atoms with E-state index in [0.717, 1.165) is 24.1 Å². The average molecular weight is 229 g/mol. The second-order valence-corrected chi connectivity index (χ2v) is 5.69. The van der Waals surface area contributed by atoms with Crippen LogP contribution in [0.2, 0.25) is 0 Å². The second-order valence-electron chi connectivity index (χ2n) is 5.69. The minimum Gasteiger partial charge on any atom is -0.381 e. The molecule has 0 saturated heterocycles. The number of Topliss-reactive ketones (excluding diaryl/α,β-unsaturated/α-hetero) is 1. The summed E-state index contributed by atoms with van der Waals surface area (Å²) in [6.45, 7) is 4.30. The first-order valence-electron chi connectivity index (χ1n) is 6.56. The van der Waals surface area contributed by atoms with Crippen molar-refractivity contribution in [3.63, 3.8) is 0 Å². The molecule has 2 nitrogen and oxygen atoms in total. The topological polar surface area (TPSA) is 29.1 Å².